The van der Waals surface area contributed by atoms with Crippen molar-refractivity contribution in [2.45, 2.75) is 32.9 Å². The molecule has 1 amide bonds. The number of methoxy groups -OCH3 is 1. The van der Waals surface area contributed by atoms with Crippen LogP contribution in [0.15, 0.2) is 36.4 Å². The monoisotopic (exact) mass is 379 g/mol. The maximum Gasteiger partial charge on any atom is 0.258 e. The van der Waals surface area contributed by atoms with Gasteiger partial charge in [0.15, 0.2) is 29.7 Å². The Morgan fingerprint density at radius 2 is 1.74 bits per heavy atom. The Bertz CT molecular complexity index is 796. The second-order valence-electron chi connectivity index (χ2n) is 6.23. The number of benzene rings is 2. The second kappa shape index (κ2) is 9.21. The van der Waals surface area contributed by atoms with Gasteiger partial charge in [0.2, 0.25) is 0 Å². The number of carbonyl (C=O) groups excluding carboxylic acids is 1. The first kappa shape index (κ1) is 20.5. The third-order valence-electron chi connectivity index (χ3n) is 3.68. The normalized spacial score (nSPS) is 11.8. The molecule has 2 aromatic rings. The van der Waals surface area contributed by atoms with E-state index in [1.165, 1.54) is 0 Å². The molecule has 0 heterocycles. The highest BCUT2D eigenvalue weighted by atomic mass is 19.1. The molecular formula is C20H23F2NO4. The summed E-state index contributed by atoms with van der Waals surface area (Å²) in [6.45, 7) is 5.24. The van der Waals surface area contributed by atoms with Gasteiger partial charge in [-0.3, -0.25) is 4.79 Å². The molecule has 0 bridgehead atoms. The van der Waals surface area contributed by atoms with E-state index in [2.05, 4.69) is 5.32 Å². The van der Waals surface area contributed by atoms with Crippen LogP contribution in [0.2, 0.25) is 0 Å². The Labute approximate surface area is 157 Å². The van der Waals surface area contributed by atoms with Crippen molar-refractivity contribution >= 4 is 5.91 Å². The number of halogens is 2. The Balaban J connectivity index is 1.97. The van der Waals surface area contributed by atoms with Crippen molar-refractivity contribution in [3.8, 4) is 17.2 Å². The molecule has 0 saturated carbocycles. The van der Waals surface area contributed by atoms with Gasteiger partial charge in [-0.05, 0) is 50.6 Å². The molecule has 0 fully saturated rings. The highest BCUT2D eigenvalue weighted by Crippen LogP contribution is 2.31. The van der Waals surface area contributed by atoms with E-state index in [0.29, 0.717) is 17.6 Å². The van der Waals surface area contributed by atoms with E-state index in [9.17, 15) is 13.6 Å². The summed E-state index contributed by atoms with van der Waals surface area (Å²) in [5.74, 6) is -1.02. The van der Waals surface area contributed by atoms with Crippen LogP contribution in [-0.4, -0.2) is 25.7 Å². The average molecular weight is 379 g/mol. The molecule has 5 nitrogen and oxygen atoms in total. The van der Waals surface area contributed by atoms with Crippen molar-refractivity contribution in [3.63, 3.8) is 0 Å². The highest BCUT2D eigenvalue weighted by Gasteiger charge is 2.15. The number of ether oxygens (including phenoxy) is 3. The maximum absolute atomic E-state index is 13.5. The zero-order valence-corrected chi connectivity index (χ0v) is 15.7. The van der Waals surface area contributed by atoms with Crippen LogP contribution < -0.4 is 19.5 Å². The number of nitrogens with one attached hydrogen (secondary N) is 1. The molecule has 0 aromatic heterocycles. The molecule has 0 aliphatic rings. The van der Waals surface area contributed by atoms with Gasteiger partial charge in [-0.1, -0.05) is 6.07 Å². The highest BCUT2D eigenvalue weighted by molar-refractivity contribution is 5.78. The van der Waals surface area contributed by atoms with Crippen molar-refractivity contribution in [2.75, 3.05) is 13.7 Å². The summed E-state index contributed by atoms with van der Waals surface area (Å²) in [4.78, 5) is 12.1. The molecule has 0 spiro atoms. The first-order chi connectivity index (χ1) is 12.8. The molecule has 0 radical (unpaired) electrons. The van der Waals surface area contributed by atoms with Crippen LogP contribution in [-0.2, 0) is 4.79 Å². The lowest BCUT2D eigenvalue weighted by atomic mass is 10.1. The fraction of sp³-hybridized carbons (Fsp3) is 0.350. The molecule has 146 valence electrons. The van der Waals surface area contributed by atoms with Crippen molar-refractivity contribution in [1.29, 1.82) is 0 Å². The van der Waals surface area contributed by atoms with Crippen molar-refractivity contribution in [2.24, 2.45) is 0 Å². The van der Waals surface area contributed by atoms with Gasteiger partial charge in [-0.25, -0.2) is 8.78 Å². The lowest BCUT2D eigenvalue weighted by Gasteiger charge is -2.18. The van der Waals surface area contributed by atoms with Gasteiger partial charge in [0.05, 0.1) is 19.3 Å². The second-order valence-corrected chi connectivity index (χ2v) is 6.23. The van der Waals surface area contributed by atoms with E-state index in [4.69, 9.17) is 14.2 Å². The molecule has 0 aliphatic carbocycles. The Morgan fingerprint density at radius 3 is 2.37 bits per heavy atom. The summed E-state index contributed by atoms with van der Waals surface area (Å²) in [5.41, 5.74) is 0.810. The molecule has 1 atom stereocenters. The summed E-state index contributed by atoms with van der Waals surface area (Å²) < 4.78 is 42.5. The number of hydrogen-bond acceptors (Lipinski definition) is 4. The van der Waals surface area contributed by atoms with Crippen LogP contribution >= 0.6 is 0 Å². The van der Waals surface area contributed by atoms with Gasteiger partial charge in [-0.2, -0.15) is 0 Å². The molecule has 0 aliphatic heterocycles. The number of amides is 1. The minimum atomic E-state index is -0.860. The molecule has 2 rings (SSSR count). The number of carbonyl (C=O) groups is 1. The smallest absolute Gasteiger partial charge is 0.258 e. The summed E-state index contributed by atoms with van der Waals surface area (Å²) in [5, 5.41) is 2.75. The van der Waals surface area contributed by atoms with E-state index >= 15 is 0 Å². The predicted molar refractivity (Wildman–Crippen MR) is 97.2 cm³/mol. The largest absolute Gasteiger partial charge is 0.493 e. The first-order valence-corrected chi connectivity index (χ1v) is 8.52. The SMILES string of the molecule is COc1cc(C(C)NC(=O)COc2ccc(F)cc2F)ccc1OC(C)C. The van der Waals surface area contributed by atoms with Crippen LogP contribution in [0, 0.1) is 11.6 Å². The summed E-state index contributed by atoms with van der Waals surface area (Å²) in [6.07, 6.45) is 0.00545. The van der Waals surface area contributed by atoms with Gasteiger partial charge in [0, 0.05) is 6.07 Å². The van der Waals surface area contributed by atoms with E-state index in [-0.39, 0.29) is 17.9 Å². The minimum Gasteiger partial charge on any atom is -0.493 e. The zero-order valence-electron chi connectivity index (χ0n) is 15.7. The Hall–Kier alpha value is -2.83. The molecular weight excluding hydrogens is 356 g/mol. The van der Waals surface area contributed by atoms with Gasteiger partial charge in [0.25, 0.3) is 5.91 Å². The fourth-order valence-corrected chi connectivity index (χ4v) is 2.41. The number of rotatable bonds is 8. The van der Waals surface area contributed by atoms with Crippen molar-refractivity contribution in [1.82, 2.24) is 5.32 Å². The van der Waals surface area contributed by atoms with E-state index in [0.717, 1.165) is 17.7 Å². The average Bonchev–Trinajstić information content (AvgIpc) is 2.60. The van der Waals surface area contributed by atoms with Crippen molar-refractivity contribution < 1.29 is 27.8 Å². The third kappa shape index (κ3) is 5.84. The molecule has 0 saturated heterocycles. The number of hydrogen-bond donors (Lipinski definition) is 1. The van der Waals surface area contributed by atoms with Crippen LogP contribution in [0.25, 0.3) is 0 Å². The maximum atomic E-state index is 13.5. The van der Waals surface area contributed by atoms with E-state index in [1.807, 2.05) is 19.9 Å². The zero-order chi connectivity index (χ0) is 20.0. The van der Waals surface area contributed by atoms with E-state index < -0.39 is 24.1 Å². The molecule has 7 heteroatoms. The fourth-order valence-electron chi connectivity index (χ4n) is 2.41. The quantitative estimate of drug-likeness (QED) is 0.753. The van der Waals surface area contributed by atoms with Gasteiger partial charge in [0.1, 0.15) is 5.82 Å². The first-order valence-electron chi connectivity index (χ1n) is 8.52. The summed E-state index contributed by atoms with van der Waals surface area (Å²) >= 11 is 0. The molecule has 2 aromatic carbocycles. The molecule has 27 heavy (non-hydrogen) atoms. The van der Waals surface area contributed by atoms with Gasteiger partial charge in [-0.15, -0.1) is 0 Å². The third-order valence-corrected chi connectivity index (χ3v) is 3.68. The van der Waals surface area contributed by atoms with Crippen LogP contribution in [0.5, 0.6) is 17.2 Å². The van der Waals surface area contributed by atoms with Crippen LogP contribution in [0.3, 0.4) is 0 Å². The lowest BCUT2D eigenvalue weighted by molar-refractivity contribution is -0.123. The molecule has 1 unspecified atom stereocenters. The predicted octanol–water partition coefficient (Wildman–Crippen LogP) is 4.02. The van der Waals surface area contributed by atoms with Gasteiger partial charge < -0.3 is 19.5 Å². The summed E-state index contributed by atoms with van der Waals surface area (Å²) in [7, 11) is 1.54. The van der Waals surface area contributed by atoms with E-state index in [1.54, 1.807) is 26.2 Å². The Morgan fingerprint density at radius 1 is 1.04 bits per heavy atom. The summed E-state index contributed by atoms with van der Waals surface area (Å²) in [6, 6.07) is 7.95. The topological polar surface area (TPSA) is 56.8 Å². The lowest BCUT2D eigenvalue weighted by Crippen LogP contribution is -2.31. The van der Waals surface area contributed by atoms with Crippen LogP contribution in [0.1, 0.15) is 32.4 Å². The van der Waals surface area contributed by atoms with Gasteiger partial charge >= 0.3 is 0 Å². The van der Waals surface area contributed by atoms with Crippen molar-refractivity contribution in [3.05, 3.63) is 53.6 Å². The Kier molecular flexibility index (Phi) is 6.98. The molecule has 1 N–H and O–H groups in total. The minimum absolute atomic E-state index is 0.00545. The standard InChI is InChI=1S/C20H23F2NO4/c1-12(2)27-18-7-5-14(9-19(18)25-4)13(3)23-20(24)11-26-17-8-6-15(21)10-16(17)22/h5-10,12-13H,11H2,1-4H3,(H,23,24). The van der Waals surface area contributed by atoms with Crippen LogP contribution in [0.4, 0.5) is 8.78 Å².